The van der Waals surface area contributed by atoms with E-state index in [1.54, 1.807) is 0 Å². The van der Waals surface area contributed by atoms with Crippen LogP contribution in [0, 0.1) is 0 Å². The highest BCUT2D eigenvalue weighted by Crippen LogP contribution is 2.27. The Kier molecular flexibility index (Phi) is 13.9. The molecule has 230 valence electrons. The molecule has 2 rings (SSSR count). The van der Waals surface area contributed by atoms with Crippen LogP contribution in [-0.4, -0.2) is 99.2 Å². The van der Waals surface area contributed by atoms with Crippen LogP contribution in [0.4, 0.5) is 0 Å². The average molecular weight is 589 g/mol. The van der Waals surface area contributed by atoms with Crippen LogP contribution in [0.25, 0.3) is 12.2 Å². The first-order valence-corrected chi connectivity index (χ1v) is 13.4. The number of amides is 2. The van der Waals surface area contributed by atoms with E-state index in [1.165, 1.54) is 49.6 Å². The second-order valence-corrected chi connectivity index (χ2v) is 9.36. The number of phenols is 3. The minimum absolute atomic E-state index is 0.0889. The fourth-order valence-corrected chi connectivity index (χ4v) is 3.74. The Balaban J connectivity index is 2.18. The monoisotopic (exact) mass is 588 g/mol. The van der Waals surface area contributed by atoms with Crippen LogP contribution in [-0.2, 0) is 9.59 Å². The molecule has 0 heterocycles. The number of benzene rings is 2. The van der Waals surface area contributed by atoms with E-state index >= 15 is 0 Å². The summed E-state index contributed by atoms with van der Waals surface area (Å²) in [5, 5.41) is 67.3. The van der Waals surface area contributed by atoms with Gasteiger partial charge in [-0.3, -0.25) is 9.59 Å². The fourth-order valence-electron chi connectivity index (χ4n) is 3.74. The van der Waals surface area contributed by atoms with E-state index in [4.69, 9.17) is 10.5 Å². The second-order valence-electron chi connectivity index (χ2n) is 9.36. The first-order chi connectivity index (χ1) is 20.0. The number of nitrogens with zero attached hydrogens (tertiary/aromatic N) is 1. The summed E-state index contributed by atoms with van der Waals surface area (Å²) in [7, 11) is 1.34. The molecule has 0 fully saturated rings. The Labute approximate surface area is 244 Å². The van der Waals surface area contributed by atoms with Gasteiger partial charge >= 0.3 is 0 Å². The number of aliphatic hydroxyl groups is 3. The zero-order chi connectivity index (χ0) is 31.1. The number of hydrogen-bond acceptors (Lipinski definition) is 12. The molecule has 0 bridgehead atoms. The number of hydrogen-bond donors (Lipinski definition) is 9. The van der Waals surface area contributed by atoms with Gasteiger partial charge in [-0.25, -0.2) is 4.90 Å². The standard InChI is InChI=1S/C29H40N4O9/c1-42-25-18-21(6-10-23(25)35)8-12-28(39)33(27(38)11-7-20-5-9-22(34)24(36)17-20)29(40,41)26(37)19-32-15-3-2-14-31-16-4-13-30/h5-12,17-18,26,31-32,34-37,40-41H,2-4,13-16,19,30H2,1H3/b11-7+,12-8+. The van der Waals surface area contributed by atoms with E-state index in [2.05, 4.69) is 10.6 Å². The number of nitrogens with one attached hydrogen (secondary N) is 2. The zero-order valence-electron chi connectivity index (χ0n) is 23.4. The molecule has 0 saturated carbocycles. The molecular weight excluding hydrogens is 548 g/mol. The molecule has 0 spiro atoms. The van der Waals surface area contributed by atoms with Gasteiger partial charge in [0.15, 0.2) is 23.0 Å². The van der Waals surface area contributed by atoms with Gasteiger partial charge in [0, 0.05) is 18.7 Å². The van der Waals surface area contributed by atoms with E-state index in [0.29, 0.717) is 18.7 Å². The normalized spacial score (nSPS) is 12.6. The third kappa shape index (κ3) is 10.4. The molecule has 1 atom stereocenters. The maximum Gasteiger partial charge on any atom is 0.284 e. The molecular formula is C29H40N4O9. The quantitative estimate of drug-likeness (QED) is 0.0524. The van der Waals surface area contributed by atoms with Crippen LogP contribution in [0.15, 0.2) is 48.6 Å². The van der Waals surface area contributed by atoms with Crippen LogP contribution in [0.1, 0.15) is 30.4 Å². The fraction of sp³-hybridized carbons (Fsp3) is 0.379. The summed E-state index contributed by atoms with van der Waals surface area (Å²) in [6, 6.07) is 7.92. The summed E-state index contributed by atoms with van der Waals surface area (Å²) in [5.41, 5.74) is 6.10. The van der Waals surface area contributed by atoms with Crippen molar-refractivity contribution in [2.45, 2.75) is 31.3 Å². The maximum atomic E-state index is 13.1. The van der Waals surface area contributed by atoms with Crippen molar-refractivity contribution in [1.82, 2.24) is 15.5 Å². The van der Waals surface area contributed by atoms with Crippen LogP contribution in [0.3, 0.4) is 0 Å². The van der Waals surface area contributed by atoms with Gasteiger partial charge in [-0.05, 0) is 93.0 Å². The minimum Gasteiger partial charge on any atom is -0.504 e. The maximum absolute atomic E-state index is 13.1. The van der Waals surface area contributed by atoms with Crippen LogP contribution in [0.5, 0.6) is 23.0 Å². The summed E-state index contributed by atoms with van der Waals surface area (Å²) in [5.74, 6) is -6.50. The lowest BCUT2D eigenvalue weighted by molar-refractivity contribution is -0.290. The first kappa shape index (κ1) is 34.2. The molecule has 13 heteroatoms. The van der Waals surface area contributed by atoms with Gasteiger partial charge in [0.25, 0.3) is 17.7 Å². The molecule has 0 aliphatic rings. The van der Waals surface area contributed by atoms with E-state index in [1.807, 2.05) is 0 Å². The smallest absolute Gasteiger partial charge is 0.284 e. The summed E-state index contributed by atoms with van der Waals surface area (Å²) >= 11 is 0. The van der Waals surface area contributed by atoms with Gasteiger partial charge in [0.05, 0.1) is 7.11 Å². The van der Waals surface area contributed by atoms with Crippen LogP contribution < -0.4 is 21.1 Å². The highest BCUT2D eigenvalue weighted by molar-refractivity contribution is 6.08. The molecule has 2 aromatic rings. The first-order valence-electron chi connectivity index (χ1n) is 13.4. The van der Waals surface area contributed by atoms with E-state index in [-0.39, 0.29) is 34.3 Å². The van der Waals surface area contributed by atoms with Crippen molar-refractivity contribution < 1.29 is 45.0 Å². The number of nitrogens with two attached hydrogens (primary N) is 1. The van der Waals surface area contributed by atoms with Gasteiger partial charge in [-0.1, -0.05) is 12.1 Å². The Bertz CT molecular complexity index is 1230. The lowest BCUT2D eigenvalue weighted by Crippen LogP contribution is -2.62. The number of ether oxygens (including phenoxy) is 1. The third-order valence-electron chi connectivity index (χ3n) is 6.11. The molecule has 0 aromatic heterocycles. The number of carbonyl (C=O) groups is 2. The summed E-state index contributed by atoms with van der Waals surface area (Å²) in [6.07, 6.45) is 4.61. The van der Waals surface area contributed by atoms with Crippen molar-refractivity contribution in [1.29, 1.82) is 0 Å². The average Bonchev–Trinajstić information content (AvgIpc) is 2.96. The van der Waals surface area contributed by atoms with Crippen molar-refractivity contribution in [3.63, 3.8) is 0 Å². The lowest BCUT2D eigenvalue weighted by atomic mass is 10.1. The molecule has 13 nitrogen and oxygen atoms in total. The number of aromatic hydroxyl groups is 3. The van der Waals surface area contributed by atoms with E-state index in [0.717, 1.165) is 50.6 Å². The number of imide groups is 1. The molecule has 2 aromatic carbocycles. The van der Waals surface area contributed by atoms with Gasteiger partial charge in [-0.2, -0.15) is 0 Å². The second kappa shape index (κ2) is 17.1. The highest BCUT2D eigenvalue weighted by Gasteiger charge is 2.45. The molecule has 0 aliphatic carbocycles. The summed E-state index contributed by atoms with van der Waals surface area (Å²) in [4.78, 5) is 26.3. The van der Waals surface area contributed by atoms with Crippen LogP contribution >= 0.6 is 0 Å². The SMILES string of the molecule is COc1cc(/C=C/C(=O)N(C(=O)/C=C/c2ccc(O)c(O)c2)C(O)(O)C(O)CNCCCCNCCCN)ccc1O. The number of carbonyl (C=O) groups excluding carboxylic acids is 2. The Morgan fingerprint density at radius 1 is 0.881 bits per heavy atom. The number of rotatable bonds is 17. The molecule has 42 heavy (non-hydrogen) atoms. The van der Waals surface area contributed by atoms with Crippen molar-refractivity contribution in [2.24, 2.45) is 5.73 Å². The molecule has 1 unspecified atom stereocenters. The highest BCUT2D eigenvalue weighted by atomic mass is 16.6. The molecule has 0 radical (unpaired) electrons. The molecule has 0 aliphatic heterocycles. The van der Waals surface area contributed by atoms with Crippen LogP contribution in [0.2, 0.25) is 0 Å². The summed E-state index contributed by atoms with van der Waals surface area (Å²) in [6.45, 7) is 2.28. The Hall–Kier alpha value is -3.98. The van der Waals surface area contributed by atoms with Gasteiger partial charge in [0.1, 0.15) is 6.10 Å². The van der Waals surface area contributed by atoms with Crippen molar-refractivity contribution in [2.75, 3.05) is 39.8 Å². The number of aliphatic hydroxyl groups excluding tert-OH is 1. The number of methoxy groups -OCH3 is 1. The van der Waals surface area contributed by atoms with Crippen molar-refractivity contribution in [3.05, 3.63) is 59.7 Å². The predicted octanol–water partition coefficient (Wildman–Crippen LogP) is 0.201. The minimum atomic E-state index is -3.32. The van der Waals surface area contributed by atoms with Gasteiger partial charge in [-0.15, -0.1) is 0 Å². The van der Waals surface area contributed by atoms with E-state index < -0.39 is 29.6 Å². The number of phenolic OH excluding ortho intramolecular Hbond substituents is 3. The summed E-state index contributed by atoms with van der Waals surface area (Å²) < 4.78 is 5.03. The molecule has 0 saturated heterocycles. The zero-order valence-corrected chi connectivity index (χ0v) is 23.4. The van der Waals surface area contributed by atoms with Crippen molar-refractivity contribution >= 4 is 24.0 Å². The Morgan fingerprint density at radius 2 is 1.43 bits per heavy atom. The molecule has 10 N–H and O–H groups in total. The topological polar surface area (TPSA) is 218 Å². The third-order valence-corrected chi connectivity index (χ3v) is 6.11. The largest absolute Gasteiger partial charge is 0.504 e. The van der Waals surface area contributed by atoms with Crippen molar-refractivity contribution in [3.8, 4) is 23.0 Å². The molecule has 2 amide bonds. The van der Waals surface area contributed by atoms with Gasteiger partial charge < -0.3 is 51.7 Å². The number of unbranched alkanes of at least 4 members (excludes halogenated alkanes) is 1. The van der Waals surface area contributed by atoms with Gasteiger partial charge in [0.2, 0.25) is 0 Å². The van der Waals surface area contributed by atoms with E-state index in [9.17, 15) is 40.2 Å². The predicted molar refractivity (Wildman–Crippen MR) is 156 cm³/mol. The Morgan fingerprint density at radius 3 is 2.00 bits per heavy atom. The lowest BCUT2D eigenvalue weighted by Gasteiger charge is -2.35.